The van der Waals surface area contributed by atoms with Crippen LogP contribution < -0.4 is 0 Å². The van der Waals surface area contributed by atoms with Gasteiger partial charge in [0, 0.05) is 17.0 Å². The zero-order chi connectivity index (χ0) is 19.7. The van der Waals surface area contributed by atoms with E-state index in [-0.39, 0.29) is 5.41 Å². The second-order valence-electron chi connectivity index (χ2n) is 8.05. The highest BCUT2D eigenvalue weighted by Crippen LogP contribution is 2.58. The van der Waals surface area contributed by atoms with E-state index < -0.39 is 0 Å². The molecule has 1 heteroatoms. The fraction of sp³-hybridized carbons (Fsp3) is 0.370. The summed E-state index contributed by atoms with van der Waals surface area (Å²) in [4.78, 5) is 4.68. The highest BCUT2D eigenvalue weighted by Gasteiger charge is 2.44. The van der Waals surface area contributed by atoms with E-state index >= 15 is 0 Å². The fourth-order valence-electron chi connectivity index (χ4n) is 5.41. The first-order chi connectivity index (χ1) is 13.7. The molecule has 0 radical (unpaired) electrons. The Morgan fingerprint density at radius 1 is 0.857 bits per heavy atom. The lowest BCUT2D eigenvalue weighted by Crippen LogP contribution is -2.24. The maximum atomic E-state index is 4.68. The topological polar surface area (TPSA) is 12.9 Å². The Balaban J connectivity index is 2.12. The molecule has 0 fully saturated rings. The van der Waals surface area contributed by atoms with Gasteiger partial charge in [-0.3, -0.25) is 4.98 Å². The molecule has 4 rings (SSSR count). The van der Waals surface area contributed by atoms with Crippen LogP contribution in [0.15, 0.2) is 60.8 Å². The van der Waals surface area contributed by atoms with E-state index in [0.717, 1.165) is 18.4 Å². The number of pyridine rings is 1. The van der Waals surface area contributed by atoms with Crippen LogP contribution in [0.3, 0.4) is 0 Å². The van der Waals surface area contributed by atoms with Gasteiger partial charge in [0.1, 0.15) is 0 Å². The van der Waals surface area contributed by atoms with E-state index in [0.29, 0.717) is 5.92 Å². The van der Waals surface area contributed by atoms with Crippen LogP contribution in [0.1, 0.15) is 70.1 Å². The molecule has 1 nitrogen and oxygen atoms in total. The number of hydrogen-bond donors (Lipinski definition) is 0. The Morgan fingerprint density at radius 2 is 1.57 bits per heavy atom. The fourth-order valence-corrected chi connectivity index (χ4v) is 5.41. The summed E-state index contributed by atoms with van der Waals surface area (Å²) in [5.74, 6) is 0.586. The van der Waals surface area contributed by atoms with Gasteiger partial charge < -0.3 is 0 Å². The standard InChI is InChI=1S/C27H31N/c1-5-19(6-2)25-22-17-21-15-12-16-28-24(21)18-23(22)27(7-3,8-4)26(25)20-13-10-9-11-14-20/h9-19H,5-8H2,1-4H3. The highest BCUT2D eigenvalue weighted by atomic mass is 14.6. The number of nitrogens with zero attached hydrogens (tertiary/aromatic N) is 1. The molecular weight excluding hydrogens is 338 g/mol. The monoisotopic (exact) mass is 369 g/mol. The maximum Gasteiger partial charge on any atom is 0.0705 e. The van der Waals surface area contributed by atoms with Crippen LogP contribution in [-0.4, -0.2) is 4.98 Å². The van der Waals surface area contributed by atoms with E-state index in [2.05, 4.69) is 87.3 Å². The second-order valence-corrected chi connectivity index (χ2v) is 8.05. The largest absolute Gasteiger partial charge is 0.256 e. The second kappa shape index (κ2) is 7.54. The molecule has 1 aliphatic carbocycles. The number of allylic oxidation sites excluding steroid dienone is 2. The lowest BCUT2D eigenvalue weighted by molar-refractivity contribution is 0.521. The minimum absolute atomic E-state index is 0.0698. The first-order valence-corrected chi connectivity index (χ1v) is 10.9. The van der Waals surface area contributed by atoms with Gasteiger partial charge in [-0.25, -0.2) is 0 Å². The van der Waals surface area contributed by atoms with Crippen LogP contribution in [-0.2, 0) is 5.41 Å². The van der Waals surface area contributed by atoms with Gasteiger partial charge in [0.15, 0.2) is 0 Å². The van der Waals surface area contributed by atoms with Gasteiger partial charge in [-0.1, -0.05) is 64.1 Å². The van der Waals surface area contributed by atoms with Gasteiger partial charge in [0.05, 0.1) is 5.52 Å². The number of aromatic nitrogens is 1. The third-order valence-electron chi connectivity index (χ3n) is 6.96. The number of fused-ring (bicyclic) bond motifs is 2. The van der Waals surface area contributed by atoms with Crippen molar-refractivity contribution in [2.75, 3.05) is 0 Å². The van der Waals surface area contributed by atoms with Crippen molar-refractivity contribution < 1.29 is 0 Å². The zero-order valence-electron chi connectivity index (χ0n) is 17.6. The van der Waals surface area contributed by atoms with Crippen molar-refractivity contribution in [2.24, 2.45) is 5.92 Å². The van der Waals surface area contributed by atoms with Gasteiger partial charge in [-0.05, 0) is 77.6 Å². The summed E-state index contributed by atoms with van der Waals surface area (Å²) in [6, 6.07) is 20.2. The highest BCUT2D eigenvalue weighted by molar-refractivity contribution is 6.04. The van der Waals surface area contributed by atoms with E-state index in [1.807, 2.05) is 6.20 Å². The van der Waals surface area contributed by atoms with Crippen molar-refractivity contribution in [1.82, 2.24) is 4.98 Å². The Labute approximate surface area is 169 Å². The summed E-state index contributed by atoms with van der Waals surface area (Å²) in [5, 5.41) is 1.25. The normalized spacial score (nSPS) is 15.5. The molecule has 0 atom stereocenters. The van der Waals surface area contributed by atoms with Gasteiger partial charge >= 0.3 is 0 Å². The van der Waals surface area contributed by atoms with Crippen LogP contribution in [0.25, 0.3) is 22.0 Å². The number of hydrogen-bond acceptors (Lipinski definition) is 1. The molecule has 1 heterocycles. The molecule has 0 bridgehead atoms. The van der Waals surface area contributed by atoms with Crippen molar-refractivity contribution in [1.29, 1.82) is 0 Å². The molecule has 3 aromatic rings. The summed E-state index contributed by atoms with van der Waals surface area (Å²) in [6.07, 6.45) is 6.49. The lowest BCUT2D eigenvalue weighted by atomic mass is 9.70. The lowest BCUT2D eigenvalue weighted by Gasteiger charge is -2.33. The molecule has 0 spiro atoms. The molecule has 0 N–H and O–H groups in total. The van der Waals surface area contributed by atoms with Crippen molar-refractivity contribution in [2.45, 2.75) is 58.8 Å². The summed E-state index contributed by atoms with van der Waals surface area (Å²) in [5.41, 5.74) is 8.69. The first-order valence-electron chi connectivity index (χ1n) is 10.9. The van der Waals surface area contributed by atoms with Crippen LogP contribution in [0.5, 0.6) is 0 Å². The molecule has 0 unspecified atom stereocenters. The van der Waals surface area contributed by atoms with Crippen LogP contribution in [0.2, 0.25) is 0 Å². The smallest absolute Gasteiger partial charge is 0.0705 e. The van der Waals surface area contributed by atoms with E-state index in [9.17, 15) is 0 Å². The molecule has 2 aromatic carbocycles. The molecule has 0 aliphatic heterocycles. The number of rotatable bonds is 6. The minimum Gasteiger partial charge on any atom is -0.256 e. The molecule has 1 aliphatic rings. The van der Waals surface area contributed by atoms with Crippen molar-refractivity contribution in [3.63, 3.8) is 0 Å². The van der Waals surface area contributed by atoms with E-state index in [4.69, 9.17) is 0 Å². The maximum absolute atomic E-state index is 4.68. The van der Waals surface area contributed by atoms with Gasteiger partial charge in [-0.15, -0.1) is 0 Å². The van der Waals surface area contributed by atoms with Crippen molar-refractivity contribution >= 4 is 22.0 Å². The van der Waals surface area contributed by atoms with E-state index in [1.165, 1.54) is 34.9 Å². The van der Waals surface area contributed by atoms with Crippen LogP contribution >= 0.6 is 0 Å². The van der Waals surface area contributed by atoms with Gasteiger partial charge in [-0.2, -0.15) is 0 Å². The zero-order valence-corrected chi connectivity index (χ0v) is 17.6. The van der Waals surface area contributed by atoms with Gasteiger partial charge in [0.2, 0.25) is 0 Å². The number of benzene rings is 2. The predicted octanol–water partition coefficient (Wildman–Crippen LogP) is 7.65. The molecule has 0 amide bonds. The third-order valence-corrected chi connectivity index (χ3v) is 6.96. The molecule has 28 heavy (non-hydrogen) atoms. The van der Waals surface area contributed by atoms with Crippen molar-refractivity contribution in [3.05, 3.63) is 77.5 Å². The summed E-state index contributed by atoms with van der Waals surface area (Å²) in [7, 11) is 0. The third kappa shape index (κ3) is 2.71. The molecule has 1 aromatic heterocycles. The Bertz CT molecular complexity index is 1000. The van der Waals surface area contributed by atoms with Gasteiger partial charge in [0.25, 0.3) is 0 Å². The SMILES string of the molecule is CCC(CC)C1=C(c2ccccc2)C(CC)(CC)c2cc3ncccc3cc21. The minimum atomic E-state index is 0.0698. The molecule has 144 valence electrons. The molecule has 0 saturated heterocycles. The summed E-state index contributed by atoms with van der Waals surface area (Å²) >= 11 is 0. The van der Waals surface area contributed by atoms with E-state index in [1.54, 1.807) is 11.1 Å². The Hall–Kier alpha value is -2.41. The predicted molar refractivity (Wildman–Crippen MR) is 121 cm³/mol. The summed E-state index contributed by atoms with van der Waals surface area (Å²) < 4.78 is 0. The molecular formula is C27H31N. The van der Waals surface area contributed by atoms with Crippen LogP contribution in [0.4, 0.5) is 0 Å². The summed E-state index contributed by atoms with van der Waals surface area (Å²) in [6.45, 7) is 9.39. The van der Waals surface area contributed by atoms with Crippen LogP contribution in [0, 0.1) is 5.92 Å². The molecule has 0 saturated carbocycles. The Morgan fingerprint density at radius 3 is 2.21 bits per heavy atom. The Kier molecular flexibility index (Phi) is 5.10. The quantitative estimate of drug-likeness (QED) is 0.435. The average Bonchev–Trinajstić information content (AvgIpc) is 3.03. The average molecular weight is 370 g/mol. The first kappa shape index (κ1) is 18.9. The van der Waals surface area contributed by atoms with Crippen molar-refractivity contribution in [3.8, 4) is 0 Å².